The molecule has 1 fully saturated rings. The van der Waals surface area contributed by atoms with Gasteiger partial charge in [-0.1, -0.05) is 11.8 Å². The minimum atomic E-state index is 0.168. The standard InChI is InChI=1S/C10H17N5OS/c1-8-12-10(14-13-8)17-7-9(16)15-5-2-3-11-4-6-15/h11H,2-7H2,1H3,(H,12,13,14). The maximum absolute atomic E-state index is 11.9. The normalized spacial score (nSPS) is 16.9. The van der Waals surface area contributed by atoms with Crippen molar-refractivity contribution in [3.05, 3.63) is 5.82 Å². The van der Waals surface area contributed by atoms with Crippen LogP contribution in [0.4, 0.5) is 0 Å². The van der Waals surface area contributed by atoms with Crippen LogP contribution in [0.15, 0.2) is 5.16 Å². The molecule has 1 aromatic rings. The van der Waals surface area contributed by atoms with E-state index in [-0.39, 0.29) is 5.91 Å². The molecule has 2 rings (SSSR count). The molecule has 1 aliphatic rings. The summed E-state index contributed by atoms with van der Waals surface area (Å²) >= 11 is 1.38. The molecule has 0 aromatic carbocycles. The summed E-state index contributed by atoms with van der Waals surface area (Å²) in [4.78, 5) is 18.0. The molecule has 94 valence electrons. The number of H-pyrrole nitrogens is 1. The molecule has 1 saturated heterocycles. The monoisotopic (exact) mass is 255 g/mol. The first-order valence-electron chi connectivity index (χ1n) is 5.76. The quantitative estimate of drug-likeness (QED) is 0.745. The Morgan fingerprint density at radius 1 is 1.47 bits per heavy atom. The van der Waals surface area contributed by atoms with Crippen LogP contribution >= 0.6 is 11.8 Å². The second-order valence-electron chi connectivity index (χ2n) is 3.98. The van der Waals surface area contributed by atoms with E-state index in [0.717, 1.165) is 38.4 Å². The number of aromatic amines is 1. The van der Waals surface area contributed by atoms with Crippen molar-refractivity contribution in [2.24, 2.45) is 0 Å². The molecular formula is C10H17N5OS. The number of nitrogens with zero attached hydrogens (tertiary/aromatic N) is 3. The zero-order valence-corrected chi connectivity index (χ0v) is 10.7. The van der Waals surface area contributed by atoms with E-state index in [1.165, 1.54) is 11.8 Å². The Kier molecular flexibility index (Phi) is 4.38. The van der Waals surface area contributed by atoms with E-state index >= 15 is 0 Å². The summed E-state index contributed by atoms with van der Waals surface area (Å²) in [5.41, 5.74) is 0. The predicted molar refractivity (Wildman–Crippen MR) is 65.9 cm³/mol. The SMILES string of the molecule is Cc1nc(SCC(=O)N2CCCNCC2)n[nH]1. The molecule has 0 bridgehead atoms. The molecule has 1 amide bonds. The molecule has 6 nitrogen and oxygen atoms in total. The first-order valence-corrected chi connectivity index (χ1v) is 6.74. The largest absolute Gasteiger partial charge is 0.341 e. The maximum atomic E-state index is 11.9. The van der Waals surface area contributed by atoms with E-state index in [4.69, 9.17) is 0 Å². The number of aromatic nitrogens is 3. The second-order valence-corrected chi connectivity index (χ2v) is 4.92. The van der Waals surface area contributed by atoms with E-state index in [1.807, 2.05) is 11.8 Å². The number of hydrogen-bond donors (Lipinski definition) is 2. The third kappa shape index (κ3) is 3.71. The molecule has 0 aliphatic carbocycles. The molecule has 1 aromatic heterocycles. The summed E-state index contributed by atoms with van der Waals surface area (Å²) in [7, 11) is 0. The average Bonchev–Trinajstić information content (AvgIpc) is 2.58. The van der Waals surface area contributed by atoms with Crippen LogP contribution in [0.5, 0.6) is 0 Å². The van der Waals surface area contributed by atoms with Crippen molar-refractivity contribution in [1.82, 2.24) is 25.4 Å². The fourth-order valence-electron chi connectivity index (χ4n) is 1.70. The third-order valence-corrected chi connectivity index (χ3v) is 3.43. The molecular weight excluding hydrogens is 238 g/mol. The molecule has 0 spiro atoms. The molecule has 0 unspecified atom stereocenters. The van der Waals surface area contributed by atoms with Crippen LogP contribution in [0, 0.1) is 6.92 Å². The summed E-state index contributed by atoms with van der Waals surface area (Å²) < 4.78 is 0. The lowest BCUT2D eigenvalue weighted by Gasteiger charge is -2.19. The fraction of sp³-hybridized carbons (Fsp3) is 0.700. The van der Waals surface area contributed by atoms with Crippen LogP contribution in [0.3, 0.4) is 0 Å². The Hall–Kier alpha value is -1.08. The van der Waals surface area contributed by atoms with E-state index in [0.29, 0.717) is 10.9 Å². The van der Waals surface area contributed by atoms with E-state index in [1.54, 1.807) is 0 Å². The number of aryl methyl sites for hydroxylation is 1. The van der Waals surface area contributed by atoms with Gasteiger partial charge in [0.25, 0.3) is 0 Å². The number of rotatable bonds is 3. The number of hydrogen-bond acceptors (Lipinski definition) is 5. The van der Waals surface area contributed by atoms with Gasteiger partial charge in [-0.25, -0.2) is 4.98 Å². The van der Waals surface area contributed by atoms with Gasteiger partial charge in [0, 0.05) is 19.6 Å². The third-order valence-electron chi connectivity index (χ3n) is 2.59. The van der Waals surface area contributed by atoms with Crippen molar-refractivity contribution < 1.29 is 4.79 Å². The highest BCUT2D eigenvalue weighted by Crippen LogP contribution is 2.13. The molecule has 0 saturated carbocycles. The average molecular weight is 255 g/mol. The lowest BCUT2D eigenvalue weighted by Crippen LogP contribution is -2.35. The van der Waals surface area contributed by atoms with Crippen molar-refractivity contribution in [2.45, 2.75) is 18.5 Å². The second kappa shape index (κ2) is 6.02. The van der Waals surface area contributed by atoms with Gasteiger partial charge in [-0.05, 0) is 19.9 Å². The number of carbonyl (C=O) groups is 1. The minimum absolute atomic E-state index is 0.168. The first kappa shape index (κ1) is 12.4. The molecule has 0 radical (unpaired) electrons. The molecule has 1 aliphatic heterocycles. The lowest BCUT2D eigenvalue weighted by atomic mass is 10.4. The highest BCUT2D eigenvalue weighted by atomic mass is 32.2. The van der Waals surface area contributed by atoms with Gasteiger partial charge in [-0.15, -0.1) is 5.10 Å². The van der Waals surface area contributed by atoms with E-state index in [2.05, 4.69) is 20.5 Å². The van der Waals surface area contributed by atoms with Crippen molar-refractivity contribution in [3.63, 3.8) is 0 Å². The van der Waals surface area contributed by atoms with Crippen LogP contribution in [0.1, 0.15) is 12.2 Å². The van der Waals surface area contributed by atoms with Crippen molar-refractivity contribution in [2.75, 3.05) is 31.9 Å². The summed E-state index contributed by atoms with van der Waals surface area (Å²) in [6.45, 7) is 5.37. The van der Waals surface area contributed by atoms with Crippen molar-refractivity contribution in [3.8, 4) is 0 Å². The number of amides is 1. The number of nitrogens with one attached hydrogen (secondary N) is 2. The number of carbonyl (C=O) groups excluding carboxylic acids is 1. The Balaban J connectivity index is 1.79. The first-order chi connectivity index (χ1) is 8.25. The Bertz CT molecular complexity index is 373. The summed E-state index contributed by atoms with van der Waals surface area (Å²) in [6.07, 6.45) is 1.02. The minimum Gasteiger partial charge on any atom is -0.341 e. The van der Waals surface area contributed by atoms with Crippen molar-refractivity contribution in [1.29, 1.82) is 0 Å². The van der Waals surface area contributed by atoms with Gasteiger partial charge in [0.2, 0.25) is 11.1 Å². The Labute approximate surface area is 105 Å². The van der Waals surface area contributed by atoms with Crippen LogP contribution in [-0.2, 0) is 4.79 Å². The van der Waals surface area contributed by atoms with Gasteiger partial charge < -0.3 is 10.2 Å². The van der Waals surface area contributed by atoms with Crippen LogP contribution < -0.4 is 5.32 Å². The van der Waals surface area contributed by atoms with Gasteiger partial charge >= 0.3 is 0 Å². The predicted octanol–water partition coefficient (Wildman–Crippen LogP) is 0.0271. The van der Waals surface area contributed by atoms with Crippen LogP contribution in [0.2, 0.25) is 0 Å². The molecule has 7 heteroatoms. The molecule has 2 N–H and O–H groups in total. The molecule has 2 heterocycles. The fourth-order valence-corrected chi connectivity index (χ4v) is 2.45. The van der Waals surface area contributed by atoms with Crippen LogP contribution in [-0.4, -0.2) is 57.9 Å². The van der Waals surface area contributed by atoms with Crippen LogP contribution in [0.25, 0.3) is 0 Å². The zero-order chi connectivity index (χ0) is 12.1. The van der Waals surface area contributed by atoms with Gasteiger partial charge in [-0.2, -0.15) is 0 Å². The van der Waals surface area contributed by atoms with E-state index in [9.17, 15) is 4.79 Å². The number of thioether (sulfide) groups is 1. The highest BCUT2D eigenvalue weighted by molar-refractivity contribution is 7.99. The van der Waals surface area contributed by atoms with E-state index < -0.39 is 0 Å². The van der Waals surface area contributed by atoms with Gasteiger partial charge in [0.15, 0.2) is 0 Å². The van der Waals surface area contributed by atoms with Gasteiger partial charge in [0.05, 0.1) is 5.75 Å². The lowest BCUT2D eigenvalue weighted by molar-refractivity contribution is -0.128. The zero-order valence-electron chi connectivity index (χ0n) is 9.90. The summed E-state index contributed by atoms with van der Waals surface area (Å²) in [5.74, 6) is 1.36. The topological polar surface area (TPSA) is 73.9 Å². The smallest absolute Gasteiger partial charge is 0.233 e. The Morgan fingerprint density at radius 3 is 3.12 bits per heavy atom. The Morgan fingerprint density at radius 2 is 2.35 bits per heavy atom. The summed E-state index contributed by atoms with van der Waals surface area (Å²) in [5, 5.41) is 10.7. The molecule has 17 heavy (non-hydrogen) atoms. The van der Waals surface area contributed by atoms with Crippen molar-refractivity contribution >= 4 is 17.7 Å². The van der Waals surface area contributed by atoms with Gasteiger partial charge in [-0.3, -0.25) is 9.89 Å². The molecule has 0 atom stereocenters. The van der Waals surface area contributed by atoms with Gasteiger partial charge in [0.1, 0.15) is 5.82 Å². The summed E-state index contributed by atoms with van der Waals surface area (Å²) in [6, 6.07) is 0. The highest BCUT2D eigenvalue weighted by Gasteiger charge is 2.16. The maximum Gasteiger partial charge on any atom is 0.233 e.